The Morgan fingerprint density at radius 3 is 2.62 bits per heavy atom. The first-order chi connectivity index (χ1) is 15.5. The van der Waals surface area contributed by atoms with Crippen LogP contribution in [0.4, 0.5) is 15.5 Å². The molecule has 4 N–H and O–H groups in total. The number of aromatic nitrogens is 1. The van der Waals surface area contributed by atoms with Crippen molar-refractivity contribution in [2.24, 2.45) is 5.73 Å². The summed E-state index contributed by atoms with van der Waals surface area (Å²) in [5, 5.41) is 5.71. The summed E-state index contributed by atoms with van der Waals surface area (Å²) in [6, 6.07) is 12.1. The standard InChI is InChI=1S/C23H27N5O3S/c1-3-28(4-2)11-12-31-18-9-5-7-16(13-18)20-14-19(22(32-20)27-23(24)30)21(29)26-17-8-6-10-25-15-17/h5-10,13-15H,3-4,11-12H2,1-2H3,(H,26,29)(H3,24,27,30). The molecule has 3 aromatic rings. The van der Waals surface area contributed by atoms with E-state index in [0.717, 1.165) is 35.8 Å². The molecule has 32 heavy (non-hydrogen) atoms. The van der Waals surface area contributed by atoms with Crippen LogP contribution in [-0.2, 0) is 0 Å². The number of nitrogens with zero attached hydrogens (tertiary/aromatic N) is 2. The maximum atomic E-state index is 12.8. The molecule has 8 nitrogen and oxygen atoms in total. The number of pyridine rings is 1. The lowest BCUT2D eigenvalue weighted by atomic mass is 10.1. The summed E-state index contributed by atoms with van der Waals surface area (Å²) in [4.78, 5) is 31.4. The minimum atomic E-state index is -0.734. The van der Waals surface area contributed by atoms with Crippen molar-refractivity contribution in [1.29, 1.82) is 0 Å². The average Bonchev–Trinajstić information content (AvgIpc) is 3.21. The number of hydrogen-bond acceptors (Lipinski definition) is 6. The van der Waals surface area contributed by atoms with Crippen LogP contribution in [-0.4, -0.2) is 48.1 Å². The van der Waals surface area contributed by atoms with E-state index in [2.05, 4.69) is 34.4 Å². The van der Waals surface area contributed by atoms with Crippen molar-refractivity contribution in [3.8, 4) is 16.2 Å². The number of primary amides is 1. The molecule has 9 heteroatoms. The molecule has 2 aromatic heterocycles. The summed E-state index contributed by atoms with van der Waals surface area (Å²) in [5.74, 6) is 0.379. The fourth-order valence-electron chi connectivity index (χ4n) is 3.11. The molecular weight excluding hydrogens is 426 g/mol. The van der Waals surface area contributed by atoms with Crippen molar-refractivity contribution in [2.45, 2.75) is 13.8 Å². The van der Waals surface area contributed by atoms with Crippen LogP contribution in [0.1, 0.15) is 24.2 Å². The Hall–Kier alpha value is -3.43. The number of hydrogen-bond donors (Lipinski definition) is 3. The van der Waals surface area contributed by atoms with Crippen molar-refractivity contribution in [2.75, 3.05) is 36.9 Å². The van der Waals surface area contributed by atoms with E-state index >= 15 is 0 Å². The summed E-state index contributed by atoms with van der Waals surface area (Å²) < 4.78 is 5.92. The van der Waals surface area contributed by atoms with Gasteiger partial charge in [0.1, 0.15) is 17.4 Å². The first-order valence-electron chi connectivity index (χ1n) is 10.4. The molecule has 0 fully saturated rings. The second-order valence-corrected chi connectivity index (χ2v) is 7.99. The van der Waals surface area contributed by atoms with Gasteiger partial charge in [0.2, 0.25) is 0 Å². The average molecular weight is 454 g/mol. The molecule has 2 heterocycles. The fraction of sp³-hybridized carbons (Fsp3) is 0.261. The maximum Gasteiger partial charge on any atom is 0.317 e. The predicted octanol–water partition coefficient (Wildman–Crippen LogP) is 4.27. The number of carbonyl (C=O) groups is 2. The van der Waals surface area contributed by atoms with Crippen molar-refractivity contribution >= 4 is 34.0 Å². The van der Waals surface area contributed by atoms with Gasteiger partial charge in [-0.2, -0.15) is 0 Å². The van der Waals surface area contributed by atoms with E-state index < -0.39 is 6.03 Å². The highest BCUT2D eigenvalue weighted by Crippen LogP contribution is 2.37. The highest BCUT2D eigenvalue weighted by Gasteiger charge is 2.19. The Morgan fingerprint density at radius 1 is 1.12 bits per heavy atom. The highest BCUT2D eigenvalue weighted by atomic mass is 32.1. The Labute approximate surface area is 191 Å². The third-order valence-corrected chi connectivity index (χ3v) is 5.92. The molecule has 0 aliphatic rings. The molecule has 0 atom stereocenters. The van der Waals surface area contributed by atoms with Crippen LogP contribution >= 0.6 is 11.3 Å². The molecule has 0 aliphatic carbocycles. The number of thiophene rings is 1. The minimum absolute atomic E-state index is 0.320. The van der Waals surface area contributed by atoms with E-state index in [1.165, 1.54) is 11.3 Å². The third-order valence-electron chi connectivity index (χ3n) is 4.82. The van der Waals surface area contributed by atoms with Gasteiger partial charge in [-0.05, 0) is 49.0 Å². The van der Waals surface area contributed by atoms with Gasteiger partial charge >= 0.3 is 6.03 Å². The summed E-state index contributed by atoms with van der Waals surface area (Å²) in [6.45, 7) is 7.65. The van der Waals surface area contributed by atoms with E-state index in [1.54, 1.807) is 30.6 Å². The smallest absolute Gasteiger partial charge is 0.317 e. The molecule has 0 radical (unpaired) electrons. The van der Waals surface area contributed by atoms with Crippen molar-refractivity contribution in [1.82, 2.24) is 9.88 Å². The van der Waals surface area contributed by atoms with Crippen LogP contribution in [0.25, 0.3) is 10.4 Å². The molecule has 3 amide bonds. The Kier molecular flexibility index (Phi) is 8.18. The van der Waals surface area contributed by atoms with Gasteiger partial charge in [0.25, 0.3) is 5.91 Å². The van der Waals surface area contributed by atoms with Gasteiger partial charge in [0.05, 0.1) is 17.4 Å². The largest absolute Gasteiger partial charge is 0.492 e. The number of nitrogens with two attached hydrogens (primary N) is 1. The molecule has 0 spiro atoms. The second kappa shape index (κ2) is 11.3. The van der Waals surface area contributed by atoms with E-state index in [1.807, 2.05) is 24.3 Å². The molecule has 0 aliphatic heterocycles. The zero-order chi connectivity index (χ0) is 22.9. The molecule has 168 valence electrons. The molecular formula is C23H27N5O3S. The molecule has 0 saturated carbocycles. The Bertz CT molecular complexity index is 1050. The lowest BCUT2D eigenvalue weighted by molar-refractivity contribution is 0.102. The first kappa shape index (κ1) is 23.2. The molecule has 0 bridgehead atoms. The number of amides is 3. The van der Waals surface area contributed by atoms with Gasteiger partial charge in [0.15, 0.2) is 0 Å². The lowest BCUT2D eigenvalue weighted by Gasteiger charge is -2.18. The van der Waals surface area contributed by atoms with E-state index in [4.69, 9.17) is 10.5 Å². The quantitative estimate of drug-likeness (QED) is 0.425. The summed E-state index contributed by atoms with van der Waals surface area (Å²) in [5.41, 5.74) is 7.06. The first-order valence-corrected chi connectivity index (χ1v) is 11.2. The number of rotatable bonds is 10. The normalized spacial score (nSPS) is 10.7. The maximum absolute atomic E-state index is 12.8. The monoisotopic (exact) mass is 453 g/mol. The SMILES string of the molecule is CCN(CC)CCOc1cccc(-c2cc(C(=O)Nc3cccnc3)c(NC(N)=O)s2)c1. The highest BCUT2D eigenvalue weighted by molar-refractivity contribution is 7.20. The van der Waals surface area contributed by atoms with Gasteiger partial charge in [-0.25, -0.2) is 4.79 Å². The number of likely N-dealkylation sites (N-methyl/N-ethyl adjacent to an activating group) is 1. The number of ether oxygens (including phenoxy) is 1. The van der Waals surface area contributed by atoms with Crippen molar-refractivity contribution in [3.05, 3.63) is 60.4 Å². The minimum Gasteiger partial charge on any atom is -0.492 e. The van der Waals surface area contributed by atoms with E-state index in [-0.39, 0.29) is 5.91 Å². The van der Waals surface area contributed by atoms with Crippen LogP contribution in [0.5, 0.6) is 5.75 Å². The van der Waals surface area contributed by atoms with Gasteiger partial charge in [-0.15, -0.1) is 11.3 Å². The number of benzene rings is 1. The summed E-state index contributed by atoms with van der Waals surface area (Å²) >= 11 is 1.27. The number of anilines is 2. The topological polar surface area (TPSA) is 110 Å². The Morgan fingerprint density at radius 2 is 1.94 bits per heavy atom. The molecule has 1 aromatic carbocycles. The number of nitrogens with one attached hydrogen (secondary N) is 2. The van der Waals surface area contributed by atoms with Crippen LogP contribution in [0.3, 0.4) is 0 Å². The molecule has 0 unspecified atom stereocenters. The van der Waals surface area contributed by atoms with Crippen LogP contribution in [0.15, 0.2) is 54.9 Å². The zero-order valence-corrected chi connectivity index (χ0v) is 18.9. The Balaban J connectivity index is 1.80. The van der Waals surface area contributed by atoms with Crippen molar-refractivity contribution in [3.63, 3.8) is 0 Å². The summed E-state index contributed by atoms with van der Waals surface area (Å²) in [6.07, 6.45) is 3.17. The number of carbonyl (C=O) groups excluding carboxylic acids is 2. The van der Waals surface area contributed by atoms with Gasteiger partial charge < -0.3 is 20.7 Å². The predicted molar refractivity (Wildman–Crippen MR) is 128 cm³/mol. The van der Waals surface area contributed by atoms with Crippen LogP contribution in [0.2, 0.25) is 0 Å². The van der Waals surface area contributed by atoms with Gasteiger partial charge in [-0.1, -0.05) is 26.0 Å². The lowest BCUT2D eigenvalue weighted by Crippen LogP contribution is -2.27. The fourth-order valence-corrected chi connectivity index (χ4v) is 4.17. The van der Waals surface area contributed by atoms with Crippen LogP contribution in [0, 0.1) is 0 Å². The van der Waals surface area contributed by atoms with E-state index in [9.17, 15) is 9.59 Å². The van der Waals surface area contributed by atoms with Crippen molar-refractivity contribution < 1.29 is 14.3 Å². The van der Waals surface area contributed by atoms with Gasteiger partial charge in [0, 0.05) is 17.6 Å². The molecule has 3 rings (SSSR count). The van der Waals surface area contributed by atoms with Crippen LogP contribution < -0.4 is 21.1 Å². The van der Waals surface area contributed by atoms with E-state index in [0.29, 0.717) is 22.9 Å². The zero-order valence-electron chi connectivity index (χ0n) is 18.1. The molecule has 0 saturated heterocycles. The number of urea groups is 1. The van der Waals surface area contributed by atoms with Gasteiger partial charge in [-0.3, -0.25) is 15.1 Å². The second-order valence-electron chi connectivity index (χ2n) is 6.94. The summed E-state index contributed by atoms with van der Waals surface area (Å²) in [7, 11) is 0. The third kappa shape index (κ3) is 6.29.